The lowest BCUT2D eigenvalue weighted by Crippen LogP contribution is -1.96. The minimum Gasteiger partial charge on any atom is -0.438 e. The SMILES string of the molecule is Nc1ccc(Oc2ncnc(N)c2Br)cc1. The molecule has 2 aromatic rings. The molecule has 0 aliphatic rings. The minimum atomic E-state index is 0.334. The Bertz CT molecular complexity index is 501. The monoisotopic (exact) mass is 280 g/mol. The Morgan fingerprint density at radius 2 is 1.75 bits per heavy atom. The van der Waals surface area contributed by atoms with Crippen LogP contribution in [-0.4, -0.2) is 9.97 Å². The second kappa shape index (κ2) is 4.36. The van der Waals surface area contributed by atoms with Gasteiger partial charge in [0.15, 0.2) is 0 Å². The summed E-state index contributed by atoms with van der Waals surface area (Å²) in [7, 11) is 0. The third-order valence-electron chi connectivity index (χ3n) is 1.88. The van der Waals surface area contributed by atoms with Crippen LogP contribution in [0.25, 0.3) is 0 Å². The van der Waals surface area contributed by atoms with Gasteiger partial charge in [-0.2, -0.15) is 0 Å². The van der Waals surface area contributed by atoms with Gasteiger partial charge >= 0.3 is 0 Å². The zero-order chi connectivity index (χ0) is 11.5. The molecule has 82 valence electrons. The number of anilines is 2. The van der Waals surface area contributed by atoms with Crippen molar-refractivity contribution in [1.82, 2.24) is 9.97 Å². The van der Waals surface area contributed by atoms with E-state index in [9.17, 15) is 0 Å². The van der Waals surface area contributed by atoms with Gasteiger partial charge in [-0.25, -0.2) is 9.97 Å². The van der Waals surface area contributed by atoms with Crippen LogP contribution in [0.2, 0.25) is 0 Å². The number of halogens is 1. The summed E-state index contributed by atoms with van der Waals surface area (Å²) in [6.45, 7) is 0. The summed E-state index contributed by atoms with van der Waals surface area (Å²) >= 11 is 3.25. The second-order valence-corrected chi connectivity index (χ2v) is 3.84. The molecule has 0 saturated heterocycles. The fourth-order valence-electron chi connectivity index (χ4n) is 1.09. The van der Waals surface area contributed by atoms with Crippen LogP contribution in [0.1, 0.15) is 0 Å². The van der Waals surface area contributed by atoms with Crippen molar-refractivity contribution in [3.63, 3.8) is 0 Å². The maximum atomic E-state index is 5.60. The summed E-state index contributed by atoms with van der Waals surface area (Å²) in [4.78, 5) is 7.78. The van der Waals surface area contributed by atoms with Gasteiger partial charge < -0.3 is 16.2 Å². The predicted molar refractivity (Wildman–Crippen MR) is 65.1 cm³/mol. The highest BCUT2D eigenvalue weighted by atomic mass is 79.9. The topological polar surface area (TPSA) is 87.0 Å². The summed E-state index contributed by atoms with van der Waals surface area (Å²) in [6, 6.07) is 6.99. The third kappa shape index (κ3) is 2.22. The number of benzene rings is 1. The Kier molecular flexibility index (Phi) is 2.91. The van der Waals surface area contributed by atoms with Crippen LogP contribution in [0.3, 0.4) is 0 Å². The molecular formula is C10H9BrN4O. The van der Waals surface area contributed by atoms with Gasteiger partial charge in [-0.15, -0.1) is 0 Å². The molecule has 0 saturated carbocycles. The van der Waals surface area contributed by atoms with E-state index >= 15 is 0 Å². The number of nitrogens with two attached hydrogens (primary N) is 2. The van der Waals surface area contributed by atoms with Crippen molar-refractivity contribution in [2.45, 2.75) is 0 Å². The van der Waals surface area contributed by atoms with Crippen LogP contribution in [0.5, 0.6) is 11.6 Å². The van der Waals surface area contributed by atoms with Crippen LogP contribution >= 0.6 is 15.9 Å². The second-order valence-electron chi connectivity index (χ2n) is 3.05. The van der Waals surface area contributed by atoms with Crippen molar-refractivity contribution >= 4 is 27.4 Å². The highest BCUT2D eigenvalue weighted by molar-refractivity contribution is 9.10. The average Bonchev–Trinajstić information content (AvgIpc) is 2.28. The van der Waals surface area contributed by atoms with Crippen molar-refractivity contribution in [2.75, 3.05) is 11.5 Å². The molecule has 0 amide bonds. The largest absolute Gasteiger partial charge is 0.438 e. The Balaban J connectivity index is 2.27. The molecule has 16 heavy (non-hydrogen) atoms. The van der Waals surface area contributed by atoms with Crippen molar-refractivity contribution in [2.24, 2.45) is 0 Å². The molecule has 2 rings (SSSR count). The zero-order valence-corrected chi connectivity index (χ0v) is 9.81. The molecule has 1 aromatic carbocycles. The Morgan fingerprint density at radius 3 is 2.44 bits per heavy atom. The first-order valence-corrected chi connectivity index (χ1v) is 5.25. The van der Waals surface area contributed by atoms with Gasteiger partial charge in [-0.1, -0.05) is 0 Å². The first-order chi connectivity index (χ1) is 7.66. The Hall–Kier alpha value is -1.82. The number of rotatable bonds is 2. The molecule has 0 atom stereocenters. The van der Waals surface area contributed by atoms with E-state index in [2.05, 4.69) is 25.9 Å². The smallest absolute Gasteiger partial charge is 0.238 e. The fourth-order valence-corrected chi connectivity index (χ4v) is 1.37. The molecule has 0 fully saturated rings. The lowest BCUT2D eigenvalue weighted by atomic mass is 10.3. The molecule has 5 nitrogen and oxygen atoms in total. The highest BCUT2D eigenvalue weighted by Gasteiger charge is 2.07. The quantitative estimate of drug-likeness (QED) is 0.824. The lowest BCUT2D eigenvalue weighted by Gasteiger charge is -2.07. The Labute approximate surface area is 101 Å². The number of nitrogens with zero attached hydrogens (tertiary/aromatic N) is 2. The van der Waals surface area contributed by atoms with Gasteiger partial charge in [0.05, 0.1) is 0 Å². The molecule has 0 aliphatic carbocycles. The molecule has 1 heterocycles. The normalized spacial score (nSPS) is 10.1. The standard InChI is InChI=1S/C10H9BrN4O/c11-8-9(13)14-5-15-10(8)16-7-3-1-6(12)2-4-7/h1-5H,12H2,(H2,13,14,15). The molecule has 0 bridgehead atoms. The number of hydrogen-bond acceptors (Lipinski definition) is 5. The first kappa shape index (κ1) is 10.7. The van der Waals surface area contributed by atoms with Gasteiger partial charge in [0.1, 0.15) is 22.4 Å². The first-order valence-electron chi connectivity index (χ1n) is 4.46. The molecule has 0 radical (unpaired) electrons. The van der Waals surface area contributed by atoms with Crippen LogP contribution in [0.15, 0.2) is 35.1 Å². The molecular weight excluding hydrogens is 272 g/mol. The number of nitrogen functional groups attached to an aromatic ring is 2. The van der Waals surface area contributed by atoms with Crippen LogP contribution in [-0.2, 0) is 0 Å². The molecule has 1 aromatic heterocycles. The van der Waals surface area contributed by atoms with E-state index in [1.165, 1.54) is 6.33 Å². The number of hydrogen-bond donors (Lipinski definition) is 2. The van der Waals surface area contributed by atoms with Crippen molar-refractivity contribution in [1.29, 1.82) is 0 Å². The zero-order valence-electron chi connectivity index (χ0n) is 8.22. The van der Waals surface area contributed by atoms with Gasteiger partial charge in [-0.05, 0) is 40.2 Å². The van der Waals surface area contributed by atoms with Crippen LogP contribution < -0.4 is 16.2 Å². The third-order valence-corrected chi connectivity index (χ3v) is 2.62. The van der Waals surface area contributed by atoms with E-state index in [4.69, 9.17) is 16.2 Å². The maximum Gasteiger partial charge on any atom is 0.238 e. The summed E-state index contributed by atoms with van der Waals surface area (Å²) in [6.07, 6.45) is 1.34. The van der Waals surface area contributed by atoms with Gasteiger partial charge in [0.25, 0.3) is 0 Å². The predicted octanol–water partition coefficient (Wildman–Crippen LogP) is 2.20. The van der Waals surface area contributed by atoms with Crippen molar-refractivity contribution in [3.8, 4) is 11.6 Å². The number of aromatic nitrogens is 2. The van der Waals surface area contributed by atoms with Gasteiger partial charge in [0.2, 0.25) is 5.88 Å². The summed E-state index contributed by atoms with van der Waals surface area (Å²) in [5.74, 6) is 1.34. The fraction of sp³-hybridized carbons (Fsp3) is 0. The van der Waals surface area contributed by atoms with E-state index in [1.54, 1.807) is 24.3 Å². The number of ether oxygens (including phenoxy) is 1. The van der Waals surface area contributed by atoms with Gasteiger partial charge in [-0.3, -0.25) is 0 Å². The lowest BCUT2D eigenvalue weighted by molar-refractivity contribution is 0.458. The van der Waals surface area contributed by atoms with E-state index in [-0.39, 0.29) is 0 Å². The summed E-state index contributed by atoms with van der Waals surface area (Å²) in [5, 5.41) is 0. The van der Waals surface area contributed by atoms with Crippen molar-refractivity contribution in [3.05, 3.63) is 35.1 Å². The van der Waals surface area contributed by atoms with Crippen LogP contribution in [0.4, 0.5) is 11.5 Å². The van der Waals surface area contributed by atoms with E-state index in [1.807, 2.05) is 0 Å². The molecule has 0 aliphatic heterocycles. The summed E-state index contributed by atoms with van der Waals surface area (Å²) < 4.78 is 6.05. The van der Waals surface area contributed by atoms with E-state index in [0.29, 0.717) is 27.6 Å². The molecule has 0 unspecified atom stereocenters. The molecule has 6 heteroatoms. The summed E-state index contributed by atoms with van der Waals surface area (Å²) in [5.41, 5.74) is 11.8. The highest BCUT2D eigenvalue weighted by Crippen LogP contribution is 2.30. The minimum absolute atomic E-state index is 0.334. The maximum absolute atomic E-state index is 5.60. The van der Waals surface area contributed by atoms with E-state index < -0.39 is 0 Å². The van der Waals surface area contributed by atoms with Crippen molar-refractivity contribution < 1.29 is 4.74 Å². The average molecular weight is 281 g/mol. The van der Waals surface area contributed by atoms with Crippen LogP contribution in [0, 0.1) is 0 Å². The Morgan fingerprint density at radius 1 is 1.06 bits per heavy atom. The van der Waals surface area contributed by atoms with E-state index in [0.717, 1.165) is 0 Å². The molecule has 4 N–H and O–H groups in total. The molecule has 0 spiro atoms. The van der Waals surface area contributed by atoms with Gasteiger partial charge in [0, 0.05) is 5.69 Å².